The van der Waals surface area contributed by atoms with Gasteiger partial charge in [0.05, 0.1) is 22.1 Å². The lowest BCUT2D eigenvalue weighted by Gasteiger charge is -2.34. The second kappa shape index (κ2) is 8.32. The van der Waals surface area contributed by atoms with Crippen molar-refractivity contribution in [3.8, 4) is 0 Å². The van der Waals surface area contributed by atoms with Crippen LogP contribution in [0.1, 0.15) is 63.5 Å². The molecule has 2 saturated carbocycles. The fraction of sp³-hybridized carbons (Fsp3) is 0.520. The first-order valence-electron chi connectivity index (χ1n) is 12.0. The Morgan fingerprint density at radius 3 is 2.62 bits per heavy atom. The van der Waals surface area contributed by atoms with Gasteiger partial charge in [-0.1, -0.05) is 0 Å². The maximum absolute atomic E-state index is 13.4. The highest BCUT2D eigenvalue weighted by atomic mass is 32.2. The van der Waals surface area contributed by atoms with E-state index in [-0.39, 0.29) is 29.0 Å². The molecule has 2 fully saturated rings. The third-order valence-electron chi connectivity index (χ3n) is 7.18. The minimum Gasteiger partial charge on any atom is -0.393 e. The van der Waals surface area contributed by atoms with Crippen LogP contribution in [0.3, 0.4) is 0 Å². The highest BCUT2D eigenvalue weighted by molar-refractivity contribution is 7.89. The van der Waals surface area contributed by atoms with Gasteiger partial charge in [-0.2, -0.15) is 0 Å². The van der Waals surface area contributed by atoms with Crippen molar-refractivity contribution in [3.05, 3.63) is 41.6 Å². The number of carbonyl (C=O) groups is 1. The van der Waals surface area contributed by atoms with E-state index in [4.69, 9.17) is 0 Å². The van der Waals surface area contributed by atoms with Crippen molar-refractivity contribution in [1.82, 2.24) is 9.71 Å². The topological polar surface area (TPSA) is 112 Å². The number of rotatable bonds is 6. The summed E-state index contributed by atoms with van der Waals surface area (Å²) in [6.45, 7) is 5.42. The fourth-order valence-electron chi connectivity index (χ4n) is 5.34. The first-order chi connectivity index (χ1) is 16.1. The van der Waals surface area contributed by atoms with Crippen molar-refractivity contribution in [1.29, 1.82) is 0 Å². The lowest BCUT2D eigenvalue weighted by atomic mass is 9.91. The van der Waals surface area contributed by atoms with Gasteiger partial charge in [0.1, 0.15) is 5.82 Å². The molecule has 0 bridgehead atoms. The second-order valence-corrected chi connectivity index (χ2v) is 11.9. The molecule has 3 aliphatic rings. The molecule has 1 amide bonds. The van der Waals surface area contributed by atoms with E-state index in [1.807, 2.05) is 24.1 Å². The zero-order valence-corrected chi connectivity index (χ0v) is 20.7. The van der Waals surface area contributed by atoms with Gasteiger partial charge in [-0.05, 0) is 83.1 Å². The van der Waals surface area contributed by atoms with Crippen molar-refractivity contribution in [2.45, 2.75) is 87.8 Å². The highest BCUT2D eigenvalue weighted by Gasteiger charge is 2.60. The normalized spacial score (nSPS) is 23.4. The highest BCUT2D eigenvalue weighted by Crippen LogP contribution is 2.58. The number of fused-ring (bicyclic) bond motifs is 2. The Hall–Kier alpha value is -2.49. The number of aliphatic hydroxyl groups is 1. The summed E-state index contributed by atoms with van der Waals surface area (Å²) in [5, 5.41) is 13.5. The van der Waals surface area contributed by atoms with Gasteiger partial charge in [0, 0.05) is 35.6 Å². The smallest absolute Gasteiger partial charge is 0.240 e. The molecular weight excluding hydrogens is 452 g/mol. The number of hydrogen-bond donors (Lipinski definition) is 3. The van der Waals surface area contributed by atoms with Crippen LogP contribution in [0.4, 0.5) is 17.2 Å². The summed E-state index contributed by atoms with van der Waals surface area (Å²) in [5.41, 5.74) is 2.97. The van der Waals surface area contributed by atoms with Crippen LogP contribution in [0.5, 0.6) is 0 Å². The Balaban J connectivity index is 1.43. The van der Waals surface area contributed by atoms with Gasteiger partial charge in [0.15, 0.2) is 0 Å². The molecule has 2 aromatic rings. The number of pyridine rings is 1. The van der Waals surface area contributed by atoms with Gasteiger partial charge < -0.3 is 15.3 Å². The SMILES string of the molecule is Cc1cc(S(=O)(=O)NC(C)C)ccc1Nc1cc2c(cn1)C1(CC1)C(=O)N2[C@@H]1CCC[C@@H](O)C1. The summed E-state index contributed by atoms with van der Waals surface area (Å²) >= 11 is 0. The molecule has 0 radical (unpaired) electrons. The molecule has 0 unspecified atom stereocenters. The van der Waals surface area contributed by atoms with Crippen LogP contribution < -0.4 is 14.9 Å². The van der Waals surface area contributed by atoms with Gasteiger partial charge in [0.2, 0.25) is 15.9 Å². The molecule has 2 aliphatic carbocycles. The van der Waals surface area contributed by atoms with Crippen molar-refractivity contribution in [2.75, 3.05) is 10.2 Å². The van der Waals surface area contributed by atoms with Crippen molar-refractivity contribution >= 4 is 33.1 Å². The van der Waals surface area contributed by atoms with Crippen LogP contribution in [-0.2, 0) is 20.2 Å². The number of nitrogens with zero attached hydrogens (tertiary/aromatic N) is 2. The molecule has 1 spiro atoms. The van der Waals surface area contributed by atoms with Crippen LogP contribution in [0.15, 0.2) is 35.4 Å². The quantitative estimate of drug-likeness (QED) is 0.579. The molecule has 34 heavy (non-hydrogen) atoms. The number of aromatic nitrogens is 1. The van der Waals surface area contributed by atoms with E-state index in [0.717, 1.165) is 54.6 Å². The average molecular weight is 485 g/mol. The Labute approximate surface area is 200 Å². The van der Waals surface area contributed by atoms with E-state index in [1.54, 1.807) is 32.0 Å². The van der Waals surface area contributed by atoms with Gasteiger partial charge in [-0.15, -0.1) is 0 Å². The monoisotopic (exact) mass is 484 g/mol. The molecule has 182 valence electrons. The summed E-state index contributed by atoms with van der Waals surface area (Å²) in [6.07, 6.45) is 6.33. The summed E-state index contributed by atoms with van der Waals surface area (Å²) in [4.78, 5) is 20.1. The fourth-order valence-corrected chi connectivity index (χ4v) is 6.68. The van der Waals surface area contributed by atoms with Gasteiger partial charge in [0.25, 0.3) is 0 Å². The van der Waals surface area contributed by atoms with Crippen molar-refractivity contribution in [2.24, 2.45) is 0 Å². The van der Waals surface area contributed by atoms with Crippen molar-refractivity contribution < 1.29 is 18.3 Å². The number of amides is 1. The molecule has 1 aromatic carbocycles. The predicted octanol–water partition coefficient (Wildman–Crippen LogP) is 3.50. The minimum absolute atomic E-state index is 0.00454. The van der Waals surface area contributed by atoms with E-state index in [1.165, 1.54) is 0 Å². The average Bonchev–Trinajstić information content (AvgIpc) is 3.52. The standard InChI is InChI=1S/C25H32N4O4S/c1-15(2)28-34(32,33)19-7-8-21(16(3)11-19)27-23-13-22-20(14-26-23)25(9-10-25)24(31)29(22)17-5-4-6-18(30)12-17/h7-8,11,13-15,17-18,28,30H,4-6,9-10,12H2,1-3H3,(H,26,27)/t17-,18-/m1/s1. The van der Waals surface area contributed by atoms with Crippen LogP contribution in [0, 0.1) is 6.92 Å². The summed E-state index contributed by atoms with van der Waals surface area (Å²) in [6, 6.07) is 6.69. The maximum Gasteiger partial charge on any atom is 0.240 e. The van der Waals surface area contributed by atoms with E-state index in [9.17, 15) is 18.3 Å². The third-order valence-corrected chi connectivity index (χ3v) is 8.84. The minimum atomic E-state index is -3.57. The van der Waals surface area contributed by atoms with Gasteiger partial charge >= 0.3 is 0 Å². The van der Waals surface area contributed by atoms with E-state index in [0.29, 0.717) is 12.2 Å². The van der Waals surface area contributed by atoms with Crippen LogP contribution in [-0.4, -0.2) is 42.6 Å². The second-order valence-electron chi connectivity index (χ2n) is 10.2. The van der Waals surface area contributed by atoms with Crippen molar-refractivity contribution in [3.63, 3.8) is 0 Å². The molecule has 1 aliphatic heterocycles. The Kier molecular flexibility index (Phi) is 5.69. The summed E-state index contributed by atoms with van der Waals surface area (Å²) < 4.78 is 27.6. The molecule has 5 rings (SSSR count). The molecule has 2 heterocycles. The lowest BCUT2D eigenvalue weighted by molar-refractivity contribution is -0.120. The number of nitrogens with one attached hydrogen (secondary N) is 2. The molecular formula is C25H32N4O4S. The molecule has 8 nitrogen and oxygen atoms in total. The summed E-state index contributed by atoms with van der Waals surface area (Å²) in [7, 11) is -3.57. The number of aliphatic hydroxyl groups excluding tert-OH is 1. The van der Waals surface area contributed by atoms with Crippen LogP contribution in [0.25, 0.3) is 0 Å². The van der Waals surface area contributed by atoms with Gasteiger partial charge in [-0.25, -0.2) is 18.1 Å². The zero-order valence-electron chi connectivity index (χ0n) is 19.8. The Bertz CT molecular complexity index is 1240. The molecule has 3 N–H and O–H groups in total. The molecule has 0 saturated heterocycles. The maximum atomic E-state index is 13.4. The van der Waals surface area contributed by atoms with E-state index < -0.39 is 15.4 Å². The number of carbonyl (C=O) groups excluding carboxylic acids is 1. The largest absolute Gasteiger partial charge is 0.393 e. The van der Waals surface area contributed by atoms with E-state index >= 15 is 0 Å². The number of benzene rings is 1. The van der Waals surface area contributed by atoms with Gasteiger partial charge in [-0.3, -0.25) is 4.79 Å². The number of anilines is 3. The first-order valence-corrected chi connectivity index (χ1v) is 13.5. The number of hydrogen-bond acceptors (Lipinski definition) is 6. The molecule has 9 heteroatoms. The Morgan fingerprint density at radius 1 is 1.21 bits per heavy atom. The third kappa shape index (κ3) is 3.99. The zero-order chi connectivity index (χ0) is 24.3. The first kappa shape index (κ1) is 23.3. The van der Waals surface area contributed by atoms with Crippen LogP contribution in [0.2, 0.25) is 0 Å². The van der Waals surface area contributed by atoms with E-state index in [2.05, 4.69) is 15.0 Å². The Morgan fingerprint density at radius 2 is 1.97 bits per heavy atom. The number of sulfonamides is 1. The van der Waals surface area contributed by atoms with Crippen LogP contribution >= 0.6 is 0 Å². The molecule has 2 atom stereocenters. The summed E-state index contributed by atoms with van der Waals surface area (Å²) in [5.74, 6) is 0.744. The molecule has 1 aromatic heterocycles. The number of aryl methyl sites for hydroxylation is 1. The predicted molar refractivity (Wildman–Crippen MR) is 131 cm³/mol. The lowest BCUT2D eigenvalue weighted by Crippen LogP contribution is -2.44.